The van der Waals surface area contributed by atoms with Crippen molar-refractivity contribution < 1.29 is 12.8 Å². The molecule has 6 nitrogen and oxygen atoms in total. The minimum absolute atomic E-state index is 0.168. The average molecular weight is 402 g/mol. The second kappa shape index (κ2) is 7.35. The van der Waals surface area contributed by atoms with Crippen LogP contribution in [0, 0.1) is 11.3 Å². The van der Waals surface area contributed by atoms with Crippen molar-refractivity contribution >= 4 is 32.7 Å². The molecule has 0 saturated heterocycles. The highest BCUT2D eigenvalue weighted by Gasteiger charge is 2.18. The molecule has 1 aromatic carbocycles. The standard InChI is InChI=1S/C19H16ClN3O3S/c1-22(16-5-3-15(20)4-6-16)23-11-9-14(10-12-23)17(13-21)18-7-8-19(26-18)27(2,24)25/h3-12H,1-2H3. The lowest BCUT2D eigenvalue weighted by Gasteiger charge is -2.31. The maximum atomic E-state index is 11.6. The molecule has 138 valence electrons. The van der Waals surface area contributed by atoms with Crippen LogP contribution in [0.5, 0.6) is 0 Å². The fraction of sp³-hybridized carbons (Fsp3) is 0.105. The molecule has 1 aliphatic rings. The van der Waals surface area contributed by atoms with E-state index in [4.69, 9.17) is 16.0 Å². The second-order valence-electron chi connectivity index (χ2n) is 5.84. The SMILES string of the molecule is CN(c1ccc(Cl)cc1)N1C=CC(=C(C#N)c2ccc(S(C)(=O)=O)o2)C=C1. The van der Waals surface area contributed by atoms with Crippen molar-refractivity contribution in [3.8, 4) is 6.07 Å². The molecule has 2 heterocycles. The summed E-state index contributed by atoms with van der Waals surface area (Å²) in [5.74, 6) is 0.210. The van der Waals surface area contributed by atoms with Crippen molar-refractivity contribution in [2.45, 2.75) is 5.09 Å². The first-order chi connectivity index (χ1) is 12.8. The number of hydrogen-bond acceptors (Lipinski definition) is 6. The van der Waals surface area contributed by atoms with Gasteiger partial charge in [-0.3, -0.25) is 10.0 Å². The van der Waals surface area contributed by atoms with Gasteiger partial charge in [-0.05, 0) is 54.1 Å². The Balaban J connectivity index is 1.86. The average Bonchev–Trinajstić information content (AvgIpc) is 3.13. The highest BCUT2D eigenvalue weighted by atomic mass is 35.5. The smallest absolute Gasteiger partial charge is 0.218 e. The van der Waals surface area contributed by atoms with Gasteiger partial charge in [0.25, 0.3) is 0 Å². The first kappa shape index (κ1) is 18.8. The lowest BCUT2D eigenvalue weighted by Crippen LogP contribution is -2.32. The zero-order valence-electron chi connectivity index (χ0n) is 14.6. The first-order valence-electron chi connectivity index (χ1n) is 7.88. The summed E-state index contributed by atoms with van der Waals surface area (Å²) in [6, 6.07) is 12.3. The number of rotatable bonds is 4. The van der Waals surface area contributed by atoms with E-state index in [0.29, 0.717) is 10.6 Å². The van der Waals surface area contributed by atoms with Gasteiger partial charge in [-0.25, -0.2) is 8.42 Å². The molecule has 0 fully saturated rings. The molecule has 27 heavy (non-hydrogen) atoms. The molecule has 0 bridgehead atoms. The summed E-state index contributed by atoms with van der Waals surface area (Å²) in [5, 5.41) is 13.7. The highest BCUT2D eigenvalue weighted by Crippen LogP contribution is 2.27. The number of halogens is 1. The molecule has 0 N–H and O–H groups in total. The van der Waals surface area contributed by atoms with Crippen LogP contribution in [-0.4, -0.2) is 26.7 Å². The number of hydrazine groups is 1. The van der Waals surface area contributed by atoms with Crippen LogP contribution in [-0.2, 0) is 9.84 Å². The van der Waals surface area contributed by atoms with Crippen LogP contribution >= 0.6 is 11.6 Å². The lowest BCUT2D eigenvalue weighted by molar-refractivity contribution is 0.443. The summed E-state index contributed by atoms with van der Waals surface area (Å²) >= 11 is 5.92. The summed E-state index contributed by atoms with van der Waals surface area (Å²) in [4.78, 5) is 0. The fourth-order valence-corrected chi connectivity index (χ4v) is 3.17. The van der Waals surface area contributed by atoms with Gasteiger partial charge in [0.15, 0.2) is 0 Å². The van der Waals surface area contributed by atoms with Crippen LogP contribution in [0.4, 0.5) is 5.69 Å². The zero-order valence-corrected chi connectivity index (χ0v) is 16.2. The van der Waals surface area contributed by atoms with Gasteiger partial charge < -0.3 is 4.42 Å². The highest BCUT2D eigenvalue weighted by molar-refractivity contribution is 7.90. The number of nitrogens with zero attached hydrogens (tertiary/aromatic N) is 3. The summed E-state index contributed by atoms with van der Waals surface area (Å²) in [6.45, 7) is 0. The Morgan fingerprint density at radius 1 is 1.15 bits per heavy atom. The third kappa shape index (κ3) is 4.08. The predicted molar refractivity (Wildman–Crippen MR) is 104 cm³/mol. The van der Waals surface area contributed by atoms with Crippen molar-refractivity contribution in [3.63, 3.8) is 0 Å². The Labute approximate surface area is 162 Å². The Kier molecular flexibility index (Phi) is 5.13. The Morgan fingerprint density at radius 2 is 1.78 bits per heavy atom. The second-order valence-corrected chi connectivity index (χ2v) is 8.23. The van der Waals surface area contributed by atoms with Crippen molar-refractivity contribution in [2.24, 2.45) is 0 Å². The van der Waals surface area contributed by atoms with E-state index in [2.05, 4.69) is 6.07 Å². The third-order valence-corrected chi connectivity index (χ3v) is 5.16. The molecular weight excluding hydrogens is 386 g/mol. The van der Waals surface area contributed by atoms with Crippen molar-refractivity contribution in [2.75, 3.05) is 18.3 Å². The molecule has 8 heteroatoms. The maximum Gasteiger partial charge on any atom is 0.218 e. The fourth-order valence-electron chi connectivity index (χ4n) is 2.49. The number of anilines is 1. The molecule has 0 unspecified atom stereocenters. The molecule has 2 aromatic rings. The van der Waals surface area contributed by atoms with E-state index < -0.39 is 9.84 Å². The van der Waals surface area contributed by atoms with E-state index in [0.717, 1.165) is 11.9 Å². The summed E-state index contributed by atoms with van der Waals surface area (Å²) in [5.41, 5.74) is 1.81. The van der Waals surface area contributed by atoms with E-state index in [1.54, 1.807) is 36.7 Å². The Hall–Kier alpha value is -2.95. The van der Waals surface area contributed by atoms with E-state index in [9.17, 15) is 13.7 Å². The topological polar surface area (TPSA) is 77.5 Å². The number of allylic oxidation sites excluding steroid dienone is 4. The minimum atomic E-state index is -3.47. The monoisotopic (exact) mass is 401 g/mol. The number of furan rings is 1. The number of nitriles is 1. The van der Waals surface area contributed by atoms with Gasteiger partial charge in [0.2, 0.25) is 14.9 Å². The molecule has 1 aromatic heterocycles. The Bertz CT molecular complexity index is 1070. The number of benzene rings is 1. The van der Waals surface area contributed by atoms with Crippen LogP contribution in [0.1, 0.15) is 5.76 Å². The molecule has 0 spiro atoms. The summed E-state index contributed by atoms with van der Waals surface area (Å²) in [7, 11) is -1.58. The normalized spacial score (nSPS) is 13.6. The van der Waals surface area contributed by atoms with Crippen LogP contribution in [0.2, 0.25) is 5.02 Å². The van der Waals surface area contributed by atoms with Crippen molar-refractivity contribution in [1.29, 1.82) is 5.26 Å². The van der Waals surface area contributed by atoms with Gasteiger partial charge in [-0.15, -0.1) is 0 Å². The largest absolute Gasteiger partial charge is 0.444 e. The van der Waals surface area contributed by atoms with Crippen molar-refractivity contribution in [3.05, 3.63) is 77.3 Å². The zero-order chi connectivity index (χ0) is 19.6. The van der Waals surface area contributed by atoms with Gasteiger partial charge in [-0.2, -0.15) is 5.26 Å². The molecule has 0 atom stereocenters. The Morgan fingerprint density at radius 3 is 2.30 bits per heavy atom. The van der Waals surface area contributed by atoms with Crippen LogP contribution in [0.3, 0.4) is 0 Å². The van der Waals surface area contributed by atoms with E-state index >= 15 is 0 Å². The number of sulfone groups is 1. The van der Waals surface area contributed by atoms with E-state index in [1.807, 2.05) is 29.2 Å². The van der Waals surface area contributed by atoms with Gasteiger partial charge in [-0.1, -0.05) is 11.6 Å². The van der Waals surface area contributed by atoms with Gasteiger partial charge in [0, 0.05) is 30.7 Å². The molecular formula is C19H16ClN3O3S. The van der Waals surface area contributed by atoms with Gasteiger partial charge in [0.05, 0.1) is 5.69 Å². The first-order valence-corrected chi connectivity index (χ1v) is 10.1. The molecule has 0 amide bonds. The summed E-state index contributed by atoms with van der Waals surface area (Å²) in [6.07, 6.45) is 8.16. The maximum absolute atomic E-state index is 11.6. The van der Waals surface area contributed by atoms with Crippen LogP contribution < -0.4 is 5.01 Å². The number of hydrogen-bond donors (Lipinski definition) is 0. The minimum Gasteiger partial charge on any atom is -0.444 e. The molecule has 1 aliphatic heterocycles. The van der Waals surface area contributed by atoms with Crippen LogP contribution in [0.15, 0.2) is 76.0 Å². The summed E-state index contributed by atoms with van der Waals surface area (Å²) < 4.78 is 28.5. The predicted octanol–water partition coefficient (Wildman–Crippen LogP) is 4.01. The van der Waals surface area contributed by atoms with E-state index in [1.165, 1.54) is 12.1 Å². The van der Waals surface area contributed by atoms with Gasteiger partial charge in [0.1, 0.15) is 17.4 Å². The van der Waals surface area contributed by atoms with Crippen LogP contribution in [0.25, 0.3) is 5.57 Å². The lowest BCUT2D eigenvalue weighted by atomic mass is 10.1. The molecule has 3 rings (SSSR count). The third-order valence-electron chi connectivity index (χ3n) is 3.95. The molecule has 0 saturated carbocycles. The van der Waals surface area contributed by atoms with Crippen molar-refractivity contribution in [1.82, 2.24) is 5.01 Å². The molecule has 0 aliphatic carbocycles. The molecule has 0 radical (unpaired) electrons. The van der Waals surface area contributed by atoms with Gasteiger partial charge >= 0.3 is 0 Å². The quantitative estimate of drug-likeness (QED) is 0.720. The van der Waals surface area contributed by atoms with E-state index in [-0.39, 0.29) is 16.4 Å².